The van der Waals surface area contributed by atoms with Crippen LogP contribution in [0.25, 0.3) is 0 Å². The summed E-state index contributed by atoms with van der Waals surface area (Å²) in [5.41, 5.74) is 6.30. The Morgan fingerprint density at radius 1 is 1.14 bits per heavy atom. The van der Waals surface area contributed by atoms with E-state index in [0.29, 0.717) is 5.41 Å². The number of nitrogens with zero attached hydrogens (tertiary/aromatic N) is 2. The zero-order chi connectivity index (χ0) is 10.6. The Labute approximate surface area is 88.2 Å². The van der Waals surface area contributed by atoms with E-state index in [0.717, 1.165) is 19.6 Å². The summed E-state index contributed by atoms with van der Waals surface area (Å²) < 4.78 is 0. The molecule has 0 unspecified atom stereocenters. The third-order valence-corrected chi connectivity index (χ3v) is 3.38. The Bertz CT molecular complexity index is 158. The van der Waals surface area contributed by atoms with Gasteiger partial charge >= 0.3 is 0 Å². The van der Waals surface area contributed by atoms with E-state index in [2.05, 4.69) is 30.9 Å². The van der Waals surface area contributed by atoms with Crippen LogP contribution in [0.5, 0.6) is 0 Å². The number of nitrogens with two attached hydrogens (primary N) is 1. The molecule has 0 aromatic rings. The fraction of sp³-hybridized carbons (Fsp3) is 1.00. The summed E-state index contributed by atoms with van der Waals surface area (Å²) >= 11 is 0. The molecule has 2 N–H and O–H groups in total. The van der Waals surface area contributed by atoms with Gasteiger partial charge in [0.05, 0.1) is 0 Å². The summed E-state index contributed by atoms with van der Waals surface area (Å²) in [6, 6.07) is 0. The largest absolute Gasteiger partial charge is 0.330 e. The SMILES string of the molecule is CN(C)CCN(C)CC1(CN)CCC1. The van der Waals surface area contributed by atoms with Crippen LogP contribution in [0.3, 0.4) is 0 Å². The van der Waals surface area contributed by atoms with Gasteiger partial charge in [0.2, 0.25) is 0 Å². The molecule has 1 aliphatic carbocycles. The number of hydrogen-bond donors (Lipinski definition) is 1. The van der Waals surface area contributed by atoms with E-state index < -0.39 is 0 Å². The maximum atomic E-state index is 5.84. The van der Waals surface area contributed by atoms with Crippen LogP contribution in [0.1, 0.15) is 19.3 Å². The van der Waals surface area contributed by atoms with Gasteiger partial charge in [-0.3, -0.25) is 0 Å². The maximum Gasteiger partial charge on any atom is 0.0106 e. The van der Waals surface area contributed by atoms with Gasteiger partial charge in [-0.1, -0.05) is 6.42 Å². The molecule has 0 bridgehead atoms. The molecule has 14 heavy (non-hydrogen) atoms. The van der Waals surface area contributed by atoms with Gasteiger partial charge in [0.25, 0.3) is 0 Å². The Balaban J connectivity index is 2.21. The van der Waals surface area contributed by atoms with Gasteiger partial charge in [0.15, 0.2) is 0 Å². The van der Waals surface area contributed by atoms with Crippen LogP contribution in [0, 0.1) is 5.41 Å². The Morgan fingerprint density at radius 3 is 2.14 bits per heavy atom. The molecule has 1 aliphatic rings. The average Bonchev–Trinajstić information content (AvgIpc) is 2.08. The fourth-order valence-corrected chi connectivity index (χ4v) is 2.13. The van der Waals surface area contributed by atoms with Crippen LogP contribution in [0.2, 0.25) is 0 Å². The molecule has 84 valence electrons. The minimum atomic E-state index is 0.459. The predicted molar refractivity (Wildman–Crippen MR) is 61.4 cm³/mol. The molecule has 0 saturated heterocycles. The fourth-order valence-electron chi connectivity index (χ4n) is 2.13. The Kier molecular flexibility index (Phi) is 4.35. The van der Waals surface area contributed by atoms with Crippen LogP contribution < -0.4 is 5.73 Å². The second-order valence-corrected chi connectivity index (χ2v) is 5.10. The lowest BCUT2D eigenvalue weighted by atomic mass is 9.68. The van der Waals surface area contributed by atoms with Gasteiger partial charge in [0.1, 0.15) is 0 Å². The Hall–Kier alpha value is -0.120. The standard InChI is InChI=1S/C11H25N3/c1-13(2)7-8-14(3)10-11(9-12)5-4-6-11/h4-10,12H2,1-3H3. The topological polar surface area (TPSA) is 32.5 Å². The molecule has 3 nitrogen and oxygen atoms in total. The minimum Gasteiger partial charge on any atom is -0.330 e. The molecule has 3 heteroatoms. The summed E-state index contributed by atoms with van der Waals surface area (Å²) in [4.78, 5) is 4.65. The number of hydrogen-bond acceptors (Lipinski definition) is 3. The molecule has 0 aromatic carbocycles. The van der Waals surface area contributed by atoms with Crippen molar-refractivity contribution in [2.45, 2.75) is 19.3 Å². The number of likely N-dealkylation sites (N-methyl/N-ethyl adjacent to an activating group) is 2. The van der Waals surface area contributed by atoms with Crippen molar-refractivity contribution < 1.29 is 0 Å². The molecule has 0 atom stereocenters. The van der Waals surface area contributed by atoms with Crippen molar-refractivity contribution >= 4 is 0 Å². The lowest BCUT2D eigenvalue weighted by Gasteiger charge is -2.43. The zero-order valence-corrected chi connectivity index (χ0v) is 9.92. The van der Waals surface area contributed by atoms with Crippen LogP contribution in [-0.4, -0.2) is 57.1 Å². The molecule has 0 heterocycles. The first kappa shape index (κ1) is 12.0. The third-order valence-electron chi connectivity index (χ3n) is 3.38. The molecular weight excluding hydrogens is 174 g/mol. The summed E-state index contributed by atoms with van der Waals surface area (Å²) in [5, 5.41) is 0. The van der Waals surface area contributed by atoms with E-state index in [-0.39, 0.29) is 0 Å². The van der Waals surface area contributed by atoms with Crippen LogP contribution >= 0.6 is 0 Å². The first-order valence-corrected chi connectivity index (χ1v) is 5.61. The van der Waals surface area contributed by atoms with E-state index in [1.807, 2.05) is 0 Å². The molecule has 0 spiro atoms. The van der Waals surface area contributed by atoms with Gasteiger partial charge in [0, 0.05) is 19.6 Å². The van der Waals surface area contributed by atoms with Crippen molar-refractivity contribution in [2.75, 3.05) is 47.3 Å². The highest BCUT2D eigenvalue weighted by atomic mass is 15.2. The van der Waals surface area contributed by atoms with Gasteiger partial charge < -0.3 is 15.5 Å². The minimum absolute atomic E-state index is 0.459. The first-order valence-electron chi connectivity index (χ1n) is 5.61. The van der Waals surface area contributed by atoms with Gasteiger partial charge in [-0.05, 0) is 45.9 Å². The molecule has 0 radical (unpaired) electrons. The molecule has 1 fully saturated rings. The maximum absolute atomic E-state index is 5.84. The highest BCUT2D eigenvalue weighted by Crippen LogP contribution is 2.40. The van der Waals surface area contributed by atoms with Crippen molar-refractivity contribution in [2.24, 2.45) is 11.1 Å². The summed E-state index contributed by atoms with van der Waals surface area (Å²) in [6.45, 7) is 4.32. The van der Waals surface area contributed by atoms with Crippen LogP contribution in [0.15, 0.2) is 0 Å². The summed E-state index contributed by atoms with van der Waals surface area (Å²) in [5.74, 6) is 0. The van der Waals surface area contributed by atoms with E-state index in [4.69, 9.17) is 5.73 Å². The highest BCUT2D eigenvalue weighted by molar-refractivity contribution is 4.90. The molecule has 0 aliphatic heterocycles. The van der Waals surface area contributed by atoms with Crippen molar-refractivity contribution in [3.63, 3.8) is 0 Å². The lowest BCUT2D eigenvalue weighted by Crippen LogP contribution is -2.47. The van der Waals surface area contributed by atoms with Crippen molar-refractivity contribution in [1.29, 1.82) is 0 Å². The Morgan fingerprint density at radius 2 is 1.79 bits per heavy atom. The molecule has 0 aromatic heterocycles. The van der Waals surface area contributed by atoms with E-state index >= 15 is 0 Å². The van der Waals surface area contributed by atoms with Crippen LogP contribution in [0.4, 0.5) is 0 Å². The highest BCUT2D eigenvalue weighted by Gasteiger charge is 2.36. The van der Waals surface area contributed by atoms with E-state index in [1.165, 1.54) is 25.8 Å². The lowest BCUT2D eigenvalue weighted by molar-refractivity contribution is 0.0846. The van der Waals surface area contributed by atoms with Gasteiger partial charge in [-0.15, -0.1) is 0 Å². The molecule has 1 rings (SSSR count). The van der Waals surface area contributed by atoms with Crippen molar-refractivity contribution in [1.82, 2.24) is 9.80 Å². The zero-order valence-electron chi connectivity index (χ0n) is 9.92. The normalized spacial score (nSPS) is 20.1. The quantitative estimate of drug-likeness (QED) is 0.680. The summed E-state index contributed by atoms with van der Waals surface area (Å²) in [6.07, 6.45) is 4.03. The number of rotatable bonds is 6. The van der Waals surface area contributed by atoms with E-state index in [1.54, 1.807) is 0 Å². The molecule has 1 saturated carbocycles. The smallest absolute Gasteiger partial charge is 0.0106 e. The third kappa shape index (κ3) is 3.23. The van der Waals surface area contributed by atoms with Gasteiger partial charge in [-0.2, -0.15) is 0 Å². The van der Waals surface area contributed by atoms with Crippen molar-refractivity contribution in [3.8, 4) is 0 Å². The second kappa shape index (κ2) is 5.10. The monoisotopic (exact) mass is 199 g/mol. The van der Waals surface area contributed by atoms with E-state index in [9.17, 15) is 0 Å². The average molecular weight is 199 g/mol. The second-order valence-electron chi connectivity index (χ2n) is 5.10. The van der Waals surface area contributed by atoms with Crippen LogP contribution in [-0.2, 0) is 0 Å². The van der Waals surface area contributed by atoms with Gasteiger partial charge in [-0.25, -0.2) is 0 Å². The summed E-state index contributed by atoms with van der Waals surface area (Å²) in [7, 11) is 6.45. The molecular formula is C11H25N3. The first-order chi connectivity index (χ1) is 6.58. The predicted octanol–water partition coefficient (Wildman–Crippen LogP) is 0.609. The van der Waals surface area contributed by atoms with Crippen molar-refractivity contribution in [3.05, 3.63) is 0 Å². The molecule has 0 amide bonds.